The highest BCUT2D eigenvalue weighted by molar-refractivity contribution is 7.89. The van der Waals surface area contributed by atoms with Gasteiger partial charge in [-0.25, -0.2) is 21.9 Å². The molecule has 0 aliphatic heterocycles. The van der Waals surface area contributed by atoms with Crippen LogP contribution in [0.25, 0.3) is 0 Å². The van der Waals surface area contributed by atoms with Crippen LogP contribution in [0.3, 0.4) is 0 Å². The lowest BCUT2D eigenvalue weighted by molar-refractivity contribution is 0.499. The summed E-state index contributed by atoms with van der Waals surface area (Å²) in [4.78, 5) is -0.680. The number of anilines is 1. The molecule has 2 aromatic carbocycles. The molecule has 0 saturated heterocycles. The van der Waals surface area contributed by atoms with E-state index in [2.05, 4.69) is 4.72 Å². The number of halogens is 2. The normalized spacial score (nSPS) is 17.7. The van der Waals surface area contributed by atoms with Crippen molar-refractivity contribution in [3.8, 4) is 0 Å². The zero-order valence-corrected chi connectivity index (χ0v) is 13.0. The van der Waals surface area contributed by atoms with Crippen molar-refractivity contribution >= 4 is 15.7 Å². The van der Waals surface area contributed by atoms with Crippen LogP contribution in [-0.2, 0) is 16.4 Å². The second kappa shape index (κ2) is 5.90. The summed E-state index contributed by atoms with van der Waals surface area (Å²) in [5, 5.41) is 0. The first kappa shape index (κ1) is 15.9. The van der Waals surface area contributed by atoms with E-state index >= 15 is 0 Å². The van der Waals surface area contributed by atoms with Crippen LogP contribution in [0.1, 0.15) is 30.0 Å². The van der Waals surface area contributed by atoms with Crippen molar-refractivity contribution in [1.29, 1.82) is 0 Å². The Bertz CT molecular complexity index is 853. The van der Waals surface area contributed by atoms with Gasteiger partial charge < -0.3 is 5.73 Å². The number of hydrogen-bond acceptors (Lipinski definition) is 3. The van der Waals surface area contributed by atoms with Crippen LogP contribution in [0.2, 0.25) is 0 Å². The molecule has 0 aromatic heterocycles. The van der Waals surface area contributed by atoms with Gasteiger partial charge in [0.2, 0.25) is 10.0 Å². The largest absolute Gasteiger partial charge is 0.399 e. The third-order valence-electron chi connectivity index (χ3n) is 3.96. The van der Waals surface area contributed by atoms with E-state index in [-0.39, 0.29) is 0 Å². The maximum atomic E-state index is 13.8. The molecular weight excluding hydrogens is 322 g/mol. The van der Waals surface area contributed by atoms with E-state index in [4.69, 9.17) is 5.73 Å². The first-order chi connectivity index (χ1) is 10.9. The maximum Gasteiger partial charge on any atom is 0.244 e. The molecule has 0 bridgehead atoms. The molecule has 3 rings (SSSR count). The molecular formula is C16H16F2N2O2S. The molecule has 23 heavy (non-hydrogen) atoms. The number of rotatable bonds is 3. The Balaban J connectivity index is 1.95. The Morgan fingerprint density at radius 3 is 2.70 bits per heavy atom. The molecule has 0 heterocycles. The number of nitrogen functional groups attached to an aromatic ring is 1. The van der Waals surface area contributed by atoms with Gasteiger partial charge in [-0.05, 0) is 60.7 Å². The quantitative estimate of drug-likeness (QED) is 0.845. The molecule has 1 atom stereocenters. The summed E-state index contributed by atoms with van der Waals surface area (Å²) in [6, 6.07) is 7.19. The van der Waals surface area contributed by atoms with Crippen LogP contribution in [0.5, 0.6) is 0 Å². The van der Waals surface area contributed by atoms with Gasteiger partial charge in [0.25, 0.3) is 0 Å². The molecule has 2 aromatic rings. The molecule has 0 fully saturated rings. The fourth-order valence-electron chi connectivity index (χ4n) is 2.89. The van der Waals surface area contributed by atoms with Gasteiger partial charge in [0.05, 0.1) is 0 Å². The van der Waals surface area contributed by atoms with Gasteiger partial charge in [-0.1, -0.05) is 6.07 Å². The molecule has 4 nitrogen and oxygen atoms in total. The summed E-state index contributed by atoms with van der Waals surface area (Å²) >= 11 is 0. The third kappa shape index (κ3) is 3.20. The average molecular weight is 338 g/mol. The topological polar surface area (TPSA) is 72.2 Å². The van der Waals surface area contributed by atoms with Crippen molar-refractivity contribution in [2.75, 3.05) is 5.73 Å². The highest BCUT2D eigenvalue weighted by Crippen LogP contribution is 2.32. The number of sulfonamides is 1. The van der Waals surface area contributed by atoms with Crippen LogP contribution in [-0.4, -0.2) is 8.42 Å². The minimum atomic E-state index is -4.16. The minimum absolute atomic E-state index is 0.480. The number of hydrogen-bond donors (Lipinski definition) is 2. The molecule has 0 radical (unpaired) electrons. The van der Waals surface area contributed by atoms with Crippen molar-refractivity contribution in [1.82, 2.24) is 4.72 Å². The van der Waals surface area contributed by atoms with Crippen LogP contribution >= 0.6 is 0 Å². The van der Waals surface area contributed by atoms with Gasteiger partial charge in [-0.15, -0.1) is 0 Å². The predicted molar refractivity (Wildman–Crippen MR) is 83.2 cm³/mol. The summed E-state index contributed by atoms with van der Waals surface area (Å²) in [7, 11) is -4.16. The van der Waals surface area contributed by atoms with Gasteiger partial charge in [0, 0.05) is 11.7 Å². The first-order valence-corrected chi connectivity index (χ1v) is 8.71. The second-order valence-electron chi connectivity index (χ2n) is 5.60. The lowest BCUT2D eigenvalue weighted by atomic mass is 9.88. The number of fused-ring (bicyclic) bond motifs is 1. The standard InChI is InChI=1S/C16H16F2N2O2S/c17-11-4-7-14(18)16(9-11)23(21,22)20-15-3-1-2-10-8-12(19)5-6-13(10)15/h4-9,15,20H,1-3,19H2. The Morgan fingerprint density at radius 2 is 1.91 bits per heavy atom. The van der Waals surface area contributed by atoms with E-state index in [1.54, 1.807) is 12.1 Å². The van der Waals surface area contributed by atoms with Gasteiger partial charge in [0.1, 0.15) is 16.5 Å². The van der Waals surface area contributed by atoms with Crippen molar-refractivity contribution in [3.05, 3.63) is 59.2 Å². The Hall–Kier alpha value is -1.99. The fraction of sp³-hybridized carbons (Fsp3) is 0.250. The molecule has 0 saturated carbocycles. The third-order valence-corrected chi connectivity index (χ3v) is 5.45. The molecule has 0 amide bonds. The van der Waals surface area contributed by atoms with E-state index < -0.39 is 32.6 Å². The Kier molecular flexibility index (Phi) is 4.08. The number of nitrogens with one attached hydrogen (secondary N) is 1. The van der Waals surface area contributed by atoms with E-state index in [9.17, 15) is 17.2 Å². The predicted octanol–water partition coefficient (Wildman–Crippen LogP) is 2.90. The van der Waals surface area contributed by atoms with Crippen molar-refractivity contribution in [3.63, 3.8) is 0 Å². The van der Waals surface area contributed by atoms with Crippen molar-refractivity contribution < 1.29 is 17.2 Å². The SMILES string of the molecule is Nc1ccc2c(c1)CCCC2NS(=O)(=O)c1cc(F)ccc1F. The Labute approximate surface area is 133 Å². The summed E-state index contributed by atoms with van der Waals surface area (Å²) in [5.41, 5.74) is 8.17. The molecule has 1 unspecified atom stereocenters. The van der Waals surface area contributed by atoms with Crippen LogP contribution in [0.4, 0.5) is 14.5 Å². The highest BCUT2D eigenvalue weighted by Gasteiger charge is 2.27. The first-order valence-electron chi connectivity index (χ1n) is 7.22. The van der Waals surface area contributed by atoms with E-state index in [0.29, 0.717) is 18.2 Å². The van der Waals surface area contributed by atoms with Crippen LogP contribution in [0, 0.1) is 11.6 Å². The van der Waals surface area contributed by atoms with Gasteiger partial charge in [0.15, 0.2) is 0 Å². The average Bonchev–Trinajstić information content (AvgIpc) is 2.49. The minimum Gasteiger partial charge on any atom is -0.399 e. The summed E-state index contributed by atoms with van der Waals surface area (Å²) in [6.45, 7) is 0. The number of benzene rings is 2. The number of aryl methyl sites for hydroxylation is 1. The summed E-state index contributed by atoms with van der Waals surface area (Å²) in [5.74, 6) is -1.78. The molecule has 122 valence electrons. The van der Waals surface area contributed by atoms with E-state index in [1.807, 2.05) is 6.07 Å². The lowest BCUT2D eigenvalue weighted by Crippen LogP contribution is -2.31. The maximum absolute atomic E-state index is 13.8. The molecule has 3 N–H and O–H groups in total. The molecule has 1 aliphatic rings. The fourth-order valence-corrected chi connectivity index (χ4v) is 4.23. The zero-order chi connectivity index (χ0) is 16.6. The zero-order valence-electron chi connectivity index (χ0n) is 12.2. The molecule has 7 heteroatoms. The van der Waals surface area contributed by atoms with Gasteiger partial charge in [-0.3, -0.25) is 0 Å². The lowest BCUT2D eigenvalue weighted by Gasteiger charge is -2.26. The molecule has 1 aliphatic carbocycles. The smallest absolute Gasteiger partial charge is 0.244 e. The van der Waals surface area contributed by atoms with E-state index in [0.717, 1.165) is 36.1 Å². The van der Waals surface area contributed by atoms with Gasteiger partial charge in [-0.2, -0.15) is 0 Å². The Morgan fingerprint density at radius 1 is 1.13 bits per heavy atom. The number of nitrogens with two attached hydrogens (primary N) is 1. The van der Waals surface area contributed by atoms with Crippen molar-refractivity contribution in [2.45, 2.75) is 30.2 Å². The van der Waals surface area contributed by atoms with E-state index in [1.165, 1.54) is 0 Å². The summed E-state index contributed by atoms with van der Waals surface area (Å²) < 4.78 is 54.3. The van der Waals surface area contributed by atoms with Crippen LogP contribution < -0.4 is 10.5 Å². The van der Waals surface area contributed by atoms with Gasteiger partial charge >= 0.3 is 0 Å². The van der Waals surface area contributed by atoms with Crippen LogP contribution in [0.15, 0.2) is 41.3 Å². The monoisotopic (exact) mass is 338 g/mol. The van der Waals surface area contributed by atoms with Crippen molar-refractivity contribution in [2.24, 2.45) is 0 Å². The second-order valence-corrected chi connectivity index (χ2v) is 7.28. The summed E-state index contributed by atoms with van der Waals surface area (Å²) in [6.07, 6.45) is 2.19. The highest BCUT2D eigenvalue weighted by atomic mass is 32.2. The molecule has 0 spiro atoms.